The lowest BCUT2D eigenvalue weighted by molar-refractivity contribution is -0.123. The molecular weight excluding hydrogens is 258 g/mol. The van der Waals surface area contributed by atoms with Crippen molar-refractivity contribution < 1.29 is 9.59 Å². The first-order valence-electron chi connectivity index (χ1n) is 6.58. The monoisotopic (exact) mass is 277 g/mol. The molecule has 1 aromatic heterocycles. The van der Waals surface area contributed by atoms with E-state index < -0.39 is 5.91 Å². The van der Waals surface area contributed by atoms with Gasteiger partial charge in [0.1, 0.15) is 5.69 Å². The molecule has 0 aromatic carbocycles. The molecule has 2 heterocycles. The number of nitrogens with one attached hydrogen (secondary N) is 1. The third-order valence-electron chi connectivity index (χ3n) is 3.46. The van der Waals surface area contributed by atoms with Crippen LogP contribution in [0.25, 0.3) is 0 Å². The highest BCUT2D eigenvalue weighted by molar-refractivity contribution is 5.91. The molecule has 7 nitrogen and oxygen atoms in total. The lowest BCUT2D eigenvalue weighted by Gasteiger charge is -2.30. The topological polar surface area (TPSA) is 114 Å². The van der Waals surface area contributed by atoms with Gasteiger partial charge in [-0.25, -0.2) is 10.8 Å². The summed E-state index contributed by atoms with van der Waals surface area (Å²) in [7, 11) is 0. The van der Waals surface area contributed by atoms with E-state index in [0.717, 1.165) is 25.1 Å². The Morgan fingerprint density at radius 1 is 1.45 bits per heavy atom. The van der Waals surface area contributed by atoms with Crippen molar-refractivity contribution in [1.82, 2.24) is 15.3 Å². The minimum absolute atomic E-state index is 0.0979. The third kappa shape index (κ3) is 3.52. The molecule has 1 aliphatic rings. The number of hydrogen-bond donors (Lipinski definition) is 3. The Bertz CT molecular complexity index is 505. The zero-order chi connectivity index (χ0) is 14.5. The predicted octanol–water partition coefficient (Wildman–Crippen LogP) is -0.618. The molecule has 0 spiro atoms. The van der Waals surface area contributed by atoms with Crippen LogP contribution in [0.4, 0.5) is 0 Å². The van der Waals surface area contributed by atoms with E-state index in [1.54, 1.807) is 12.1 Å². The van der Waals surface area contributed by atoms with Crippen molar-refractivity contribution >= 4 is 11.8 Å². The van der Waals surface area contributed by atoms with Crippen molar-refractivity contribution in [3.8, 4) is 0 Å². The first kappa shape index (κ1) is 14.4. The number of amides is 2. The van der Waals surface area contributed by atoms with Gasteiger partial charge in [-0.2, -0.15) is 0 Å². The van der Waals surface area contributed by atoms with Gasteiger partial charge in [-0.3, -0.25) is 19.9 Å². The number of nitrogens with zero attached hydrogens (tertiary/aromatic N) is 2. The molecule has 108 valence electrons. The minimum atomic E-state index is -0.416. The molecule has 2 amide bonds. The van der Waals surface area contributed by atoms with E-state index in [4.69, 9.17) is 11.6 Å². The number of hydrazine groups is 1. The maximum atomic E-state index is 11.4. The van der Waals surface area contributed by atoms with Crippen molar-refractivity contribution in [1.29, 1.82) is 0 Å². The van der Waals surface area contributed by atoms with Gasteiger partial charge < -0.3 is 5.73 Å². The number of carbonyl (C=O) groups is 2. The summed E-state index contributed by atoms with van der Waals surface area (Å²) in [6.45, 7) is 2.14. The molecular formula is C13H19N5O2. The summed E-state index contributed by atoms with van der Waals surface area (Å²) in [6, 6.07) is 5.22. The van der Waals surface area contributed by atoms with Crippen molar-refractivity contribution in [2.45, 2.75) is 19.4 Å². The summed E-state index contributed by atoms with van der Waals surface area (Å²) >= 11 is 0. The lowest BCUT2D eigenvalue weighted by Crippen LogP contribution is -2.40. The van der Waals surface area contributed by atoms with E-state index in [9.17, 15) is 9.59 Å². The largest absolute Gasteiger partial charge is 0.369 e. The number of piperidine rings is 1. The highest BCUT2D eigenvalue weighted by Gasteiger charge is 2.24. The fraction of sp³-hybridized carbons (Fsp3) is 0.462. The molecule has 1 aliphatic heterocycles. The molecule has 5 N–H and O–H groups in total. The Morgan fingerprint density at radius 2 is 2.25 bits per heavy atom. The van der Waals surface area contributed by atoms with Crippen LogP contribution in [-0.2, 0) is 11.3 Å². The van der Waals surface area contributed by atoms with E-state index in [1.807, 2.05) is 6.07 Å². The van der Waals surface area contributed by atoms with Crippen molar-refractivity contribution in [2.75, 3.05) is 13.1 Å². The van der Waals surface area contributed by atoms with Crippen molar-refractivity contribution in [2.24, 2.45) is 17.5 Å². The molecule has 1 fully saturated rings. The molecule has 7 heteroatoms. The van der Waals surface area contributed by atoms with Crippen LogP contribution in [0.5, 0.6) is 0 Å². The van der Waals surface area contributed by atoms with E-state index >= 15 is 0 Å². The van der Waals surface area contributed by atoms with Crippen molar-refractivity contribution in [3.05, 3.63) is 29.6 Å². The van der Waals surface area contributed by atoms with Gasteiger partial charge in [-0.05, 0) is 31.5 Å². The number of nitrogens with two attached hydrogens (primary N) is 2. The Labute approximate surface area is 117 Å². The van der Waals surface area contributed by atoms with Crippen LogP contribution in [-0.4, -0.2) is 34.8 Å². The zero-order valence-electron chi connectivity index (χ0n) is 11.2. The maximum absolute atomic E-state index is 11.4. The number of primary amides is 1. The molecule has 20 heavy (non-hydrogen) atoms. The number of carbonyl (C=O) groups excluding carboxylic acids is 2. The number of hydrogen-bond acceptors (Lipinski definition) is 5. The Hall–Kier alpha value is -1.99. The van der Waals surface area contributed by atoms with E-state index in [-0.39, 0.29) is 17.5 Å². The van der Waals surface area contributed by atoms with Crippen LogP contribution in [0.15, 0.2) is 18.2 Å². The van der Waals surface area contributed by atoms with Crippen LogP contribution in [0.3, 0.4) is 0 Å². The second kappa shape index (κ2) is 6.44. The Morgan fingerprint density at radius 3 is 2.95 bits per heavy atom. The highest BCUT2D eigenvalue weighted by atomic mass is 16.2. The number of rotatable bonds is 4. The van der Waals surface area contributed by atoms with Crippen LogP contribution in [0, 0.1) is 5.92 Å². The molecule has 1 saturated heterocycles. The van der Waals surface area contributed by atoms with E-state index in [1.165, 1.54) is 0 Å². The van der Waals surface area contributed by atoms with Gasteiger partial charge in [-0.1, -0.05) is 6.07 Å². The van der Waals surface area contributed by atoms with E-state index in [0.29, 0.717) is 13.1 Å². The summed E-state index contributed by atoms with van der Waals surface area (Å²) in [5.74, 6) is 4.32. The molecule has 2 rings (SSSR count). The Kier molecular flexibility index (Phi) is 4.65. The van der Waals surface area contributed by atoms with Gasteiger partial charge in [-0.15, -0.1) is 0 Å². The molecule has 1 atom stereocenters. The lowest BCUT2D eigenvalue weighted by atomic mass is 9.97. The minimum Gasteiger partial charge on any atom is -0.369 e. The van der Waals surface area contributed by atoms with Crippen molar-refractivity contribution in [3.63, 3.8) is 0 Å². The number of likely N-dealkylation sites (tertiary alicyclic amines) is 1. The van der Waals surface area contributed by atoms with Crippen LogP contribution < -0.4 is 17.0 Å². The molecule has 0 radical (unpaired) electrons. The average Bonchev–Trinajstić information content (AvgIpc) is 2.47. The quantitative estimate of drug-likeness (QED) is 0.385. The number of nitrogen functional groups attached to an aromatic ring is 1. The van der Waals surface area contributed by atoms with Gasteiger partial charge in [0.15, 0.2) is 0 Å². The molecule has 0 bridgehead atoms. The standard InChI is InChI=1S/C13H19N5O2/c14-12(19)9-3-2-6-18(7-9)8-10-4-1-5-11(16-10)13(20)17-15/h1,4-5,9H,2-3,6-8,15H2,(H2,14,19)(H,17,20). The predicted molar refractivity (Wildman–Crippen MR) is 73.1 cm³/mol. The highest BCUT2D eigenvalue weighted by Crippen LogP contribution is 2.17. The summed E-state index contributed by atoms with van der Waals surface area (Å²) in [6.07, 6.45) is 1.78. The van der Waals surface area contributed by atoms with Gasteiger partial charge in [0, 0.05) is 13.1 Å². The van der Waals surface area contributed by atoms with Gasteiger partial charge in [0.05, 0.1) is 11.6 Å². The summed E-state index contributed by atoms with van der Waals surface area (Å²) in [4.78, 5) is 29.1. The smallest absolute Gasteiger partial charge is 0.283 e. The Balaban J connectivity index is 2.02. The maximum Gasteiger partial charge on any atom is 0.283 e. The zero-order valence-corrected chi connectivity index (χ0v) is 11.2. The van der Waals surface area contributed by atoms with Gasteiger partial charge in [0.25, 0.3) is 5.91 Å². The van der Waals surface area contributed by atoms with E-state index in [2.05, 4.69) is 15.3 Å². The van der Waals surface area contributed by atoms with Gasteiger partial charge >= 0.3 is 0 Å². The fourth-order valence-electron chi connectivity index (χ4n) is 2.43. The summed E-state index contributed by atoms with van der Waals surface area (Å²) in [5.41, 5.74) is 8.47. The normalized spacial score (nSPS) is 19.6. The molecule has 1 unspecified atom stereocenters. The van der Waals surface area contributed by atoms with Crippen LogP contribution >= 0.6 is 0 Å². The SMILES string of the molecule is NNC(=O)c1cccc(CN2CCCC(C(N)=O)C2)n1. The molecule has 0 aliphatic carbocycles. The molecule has 1 aromatic rings. The average molecular weight is 277 g/mol. The molecule has 0 saturated carbocycles. The van der Waals surface area contributed by atoms with Crippen LogP contribution in [0.1, 0.15) is 29.0 Å². The second-order valence-electron chi connectivity index (χ2n) is 4.96. The summed E-state index contributed by atoms with van der Waals surface area (Å²) < 4.78 is 0. The van der Waals surface area contributed by atoms with Gasteiger partial charge in [0.2, 0.25) is 5.91 Å². The number of pyridine rings is 1. The second-order valence-corrected chi connectivity index (χ2v) is 4.96. The summed E-state index contributed by atoms with van der Waals surface area (Å²) in [5, 5.41) is 0. The first-order valence-corrected chi connectivity index (χ1v) is 6.58. The number of aromatic nitrogens is 1. The third-order valence-corrected chi connectivity index (χ3v) is 3.46. The fourth-order valence-corrected chi connectivity index (χ4v) is 2.43. The van der Waals surface area contributed by atoms with Crippen LogP contribution in [0.2, 0.25) is 0 Å². The first-order chi connectivity index (χ1) is 9.60.